The monoisotopic (exact) mass is 281 g/mol. The van der Waals surface area contributed by atoms with Gasteiger partial charge in [-0.25, -0.2) is 0 Å². The van der Waals surface area contributed by atoms with Crippen LogP contribution in [0.15, 0.2) is 18.2 Å². The second kappa shape index (κ2) is 6.08. The van der Waals surface area contributed by atoms with E-state index < -0.39 is 0 Å². The summed E-state index contributed by atoms with van der Waals surface area (Å²) in [5.41, 5.74) is 1.10. The van der Waals surface area contributed by atoms with Crippen molar-refractivity contribution >= 4 is 35.6 Å². The van der Waals surface area contributed by atoms with E-state index in [2.05, 4.69) is 5.32 Å². The topological polar surface area (TPSA) is 21.3 Å². The van der Waals surface area contributed by atoms with Crippen molar-refractivity contribution in [1.82, 2.24) is 5.32 Å². The molecule has 0 spiro atoms. The molecule has 0 bridgehead atoms. The molecular weight excluding hydrogens is 268 g/mol. The van der Waals surface area contributed by atoms with Gasteiger partial charge in [-0.2, -0.15) is 0 Å². The van der Waals surface area contributed by atoms with Gasteiger partial charge in [-0.05, 0) is 17.7 Å². The zero-order valence-corrected chi connectivity index (χ0v) is 11.2. The first-order valence-electron chi connectivity index (χ1n) is 4.91. The smallest absolute Gasteiger partial charge is 0.0874 e. The highest BCUT2D eigenvalue weighted by Gasteiger charge is 2.28. The third kappa shape index (κ3) is 2.82. The molecular formula is C11H14Cl3NO. The quantitative estimate of drug-likeness (QED) is 0.918. The Hall–Kier alpha value is 0.01000. The zero-order valence-electron chi connectivity index (χ0n) is 8.87. The van der Waals surface area contributed by atoms with Crippen LogP contribution in [0.4, 0.5) is 0 Å². The lowest BCUT2D eigenvalue weighted by Crippen LogP contribution is -2.45. The third-order valence-electron chi connectivity index (χ3n) is 2.77. The Morgan fingerprint density at radius 1 is 1.31 bits per heavy atom. The van der Waals surface area contributed by atoms with Gasteiger partial charge in [-0.3, -0.25) is 0 Å². The highest BCUT2D eigenvalue weighted by Crippen LogP contribution is 2.32. The molecule has 1 unspecified atom stereocenters. The fourth-order valence-corrected chi connectivity index (χ4v) is 2.12. The fraction of sp³-hybridized carbons (Fsp3) is 0.455. The minimum absolute atomic E-state index is 0. The lowest BCUT2D eigenvalue weighted by atomic mass is 9.91. The molecule has 0 saturated carbocycles. The molecule has 1 aromatic rings. The van der Waals surface area contributed by atoms with Crippen LogP contribution in [0, 0.1) is 5.92 Å². The largest absolute Gasteiger partial charge is 0.376 e. The maximum atomic E-state index is 5.98. The lowest BCUT2D eigenvalue weighted by molar-refractivity contribution is 0.0292. The summed E-state index contributed by atoms with van der Waals surface area (Å²) in [4.78, 5) is 0. The normalized spacial score (nSPS) is 17.4. The van der Waals surface area contributed by atoms with Gasteiger partial charge in [-0.15, -0.1) is 12.4 Å². The molecule has 90 valence electrons. The van der Waals surface area contributed by atoms with Crippen LogP contribution in [-0.2, 0) is 4.74 Å². The second-order valence-electron chi connectivity index (χ2n) is 3.75. The highest BCUT2D eigenvalue weighted by atomic mass is 35.5. The van der Waals surface area contributed by atoms with Crippen molar-refractivity contribution < 1.29 is 4.74 Å². The number of halogens is 3. The SMILES string of the molecule is COC(c1ccc(Cl)c(Cl)c1)C1CNC1.Cl. The lowest BCUT2D eigenvalue weighted by Gasteiger charge is -2.34. The molecule has 1 aliphatic rings. The maximum Gasteiger partial charge on any atom is 0.0874 e. The van der Waals surface area contributed by atoms with Gasteiger partial charge in [0.15, 0.2) is 0 Å². The summed E-state index contributed by atoms with van der Waals surface area (Å²) in [6.07, 6.45) is 0.112. The van der Waals surface area contributed by atoms with Crippen molar-refractivity contribution in [2.45, 2.75) is 6.10 Å². The molecule has 0 amide bonds. The Labute approximate surface area is 112 Å². The van der Waals surface area contributed by atoms with Gasteiger partial charge in [0.25, 0.3) is 0 Å². The molecule has 1 N–H and O–H groups in total. The van der Waals surface area contributed by atoms with Crippen LogP contribution < -0.4 is 5.32 Å². The molecule has 0 aromatic heterocycles. The fourth-order valence-electron chi connectivity index (χ4n) is 1.82. The maximum absolute atomic E-state index is 5.98. The summed E-state index contributed by atoms with van der Waals surface area (Å²) in [5.74, 6) is 0.534. The molecule has 1 fully saturated rings. The first kappa shape index (κ1) is 14.1. The number of hydrogen-bond donors (Lipinski definition) is 1. The first-order valence-corrected chi connectivity index (χ1v) is 5.66. The van der Waals surface area contributed by atoms with E-state index in [1.54, 1.807) is 7.11 Å². The molecule has 2 rings (SSSR count). The van der Waals surface area contributed by atoms with E-state index in [0.717, 1.165) is 18.7 Å². The summed E-state index contributed by atoms with van der Waals surface area (Å²) >= 11 is 11.8. The first-order chi connectivity index (χ1) is 7.22. The Bertz CT molecular complexity index is 355. The zero-order chi connectivity index (χ0) is 10.8. The van der Waals surface area contributed by atoms with E-state index in [4.69, 9.17) is 27.9 Å². The number of ether oxygens (including phenoxy) is 1. The predicted molar refractivity (Wildman–Crippen MR) is 69.8 cm³/mol. The average molecular weight is 283 g/mol. The minimum atomic E-state index is 0. The van der Waals surface area contributed by atoms with E-state index in [1.807, 2.05) is 18.2 Å². The molecule has 5 heteroatoms. The molecule has 1 atom stereocenters. The number of nitrogens with one attached hydrogen (secondary N) is 1. The van der Waals surface area contributed by atoms with E-state index in [9.17, 15) is 0 Å². The molecule has 0 radical (unpaired) electrons. The van der Waals surface area contributed by atoms with Crippen molar-refractivity contribution in [3.63, 3.8) is 0 Å². The van der Waals surface area contributed by atoms with Gasteiger partial charge in [-0.1, -0.05) is 29.3 Å². The van der Waals surface area contributed by atoms with Crippen molar-refractivity contribution in [2.24, 2.45) is 5.92 Å². The van der Waals surface area contributed by atoms with Crippen LogP contribution in [-0.4, -0.2) is 20.2 Å². The standard InChI is InChI=1S/C11H13Cl2NO.ClH/c1-15-11(8-5-14-6-8)7-2-3-9(12)10(13)4-7;/h2-4,8,11,14H,5-6H2,1H3;1H. The van der Waals surface area contributed by atoms with Gasteiger partial charge in [0, 0.05) is 26.1 Å². The van der Waals surface area contributed by atoms with Crippen LogP contribution in [0.25, 0.3) is 0 Å². The minimum Gasteiger partial charge on any atom is -0.376 e. The van der Waals surface area contributed by atoms with E-state index in [0.29, 0.717) is 16.0 Å². The summed E-state index contributed by atoms with van der Waals surface area (Å²) in [5, 5.41) is 4.40. The molecule has 0 aliphatic carbocycles. The van der Waals surface area contributed by atoms with E-state index in [1.165, 1.54) is 0 Å². The van der Waals surface area contributed by atoms with Crippen LogP contribution >= 0.6 is 35.6 Å². The van der Waals surface area contributed by atoms with Gasteiger partial charge in [0.1, 0.15) is 0 Å². The summed E-state index contributed by atoms with van der Waals surface area (Å²) in [6, 6.07) is 5.68. The Morgan fingerprint density at radius 2 is 2.00 bits per heavy atom. The number of benzene rings is 1. The van der Waals surface area contributed by atoms with Crippen LogP contribution in [0.1, 0.15) is 11.7 Å². The number of rotatable bonds is 3. The third-order valence-corrected chi connectivity index (χ3v) is 3.51. The molecule has 16 heavy (non-hydrogen) atoms. The second-order valence-corrected chi connectivity index (χ2v) is 4.56. The molecule has 1 aromatic carbocycles. The number of methoxy groups -OCH3 is 1. The van der Waals surface area contributed by atoms with E-state index in [-0.39, 0.29) is 18.5 Å². The van der Waals surface area contributed by atoms with Crippen LogP contribution in [0.2, 0.25) is 10.0 Å². The molecule has 2 nitrogen and oxygen atoms in total. The van der Waals surface area contributed by atoms with Crippen molar-refractivity contribution in [1.29, 1.82) is 0 Å². The average Bonchev–Trinajstić information content (AvgIpc) is 2.16. The van der Waals surface area contributed by atoms with Gasteiger partial charge in [0.05, 0.1) is 16.1 Å². The molecule has 1 heterocycles. The number of hydrogen-bond acceptors (Lipinski definition) is 2. The van der Waals surface area contributed by atoms with Crippen molar-refractivity contribution in [3.05, 3.63) is 33.8 Å². The predicted octanol–water partition coefficient (Wildman–Crippen LogP) is 3.32. The Morgan fingerprint density at radius 3 is 2.44 bits per heavy atom. The van der Waals surface area contributed by atoms with Crippen molar-refractivity contribution in [3.8, 4) is 0 Å². The Balaban J connectivity index is 0.00000128. The van der Waals surface area contributed by atoms with Gasteiger partial charge in [0.2, 0.25) is 0 Å². The summed E-state index contributed by atoms with van der Waals surface area (Å²) in [7, 11) is 1.73. The molecule has 1 aliphatic heterocycles. The van der Waals surface area contributed by atoms with Gasteiger partial charge < -0.3 is 10.1 Å². The van der Waals surface area contributed by atoms with E-state index >= 15 is 0 Å². The van der Waals surface area contributed by atoms with Crippen LogP contribution in [0.3, 0.4) is 0 Å². The summed E-state index contributed by atoms with van der Waals surface area (Å²) in [6.45, 7) is 2.00. The molecule has 1 saturated heterocycles. The summed E-state index contributed by atoms with van der Waals surface area (Å²) < 4.78 is 5.49. The highest BCUT2D eigenvalue weighted by molar-refractivity contribution is 6.42. The van der Waals surface area contributed by atoms with Crippen molar-refractivity contribution in [2.75, 3.05) is 20.2 Å². The van der Waals surface area contributed by atoms with Gasteiger partial charge >= 0.3 is 0 Å². The van der Waals surface area contributed by atoms with Crippen LogP contribution in [0.5, 0.6) is 0 Å². The Kier molecular flexibility index (Phi) is 5.35.